The maximum atomic E-state index is 12.9. The predicted octanol–water partition coefficient (Wildman–Crippen LogP) is 0.885. The predicted molar refractivity (Wildman–Crippen MR) is 117 cm³/mol. The Morgan fingerprint density at radius 2 is 1.94 bits per heavy atom. The number of terminal acetylenes is 1. The molecule has 0 saturated carbocycles. The molecule has 0 bridgehead atoms. The number of imide groups is 2. The second-order valence-corrected chi connectivity index (χ2v) is 7.91. The van der Waals surface area contributed by atoms with E-state index in [0.29, 0.717) is 31.6 Å². The van der Waals surface area contributed by atoms with Gasteiger partial charge in [-0.15, -0.1) is 6.42 Å². The van der Waals surface area contributed by atoms with Gasteiger partial charge in [0.25, 0.3) is 17.7 Å². The number of benzene rings is 1. The molecule has 4 rings (SSSR count). The van der Waals surface area contributed by atoms with Crippen LogP contribution in [0.15, 0.2) is 36.5 Å². The summed E-state index contributed by atoms with van der Waals surface area (Å²) in [6, 6.07) is 7.47. The van der Waals surface area contributed by atoms with Gasteiger partial charge in [0, 0.05) is 19.2 Å². The van der Waals surface area contributed by atoms with Crippen LogP contribution in [-0.4, -0.2) is 51.6 Å². The van der Waals surface area contributed by atoms with Crippen LogP contribution in [0.4, 0.5) is 0 Å². The van der Waals surface area contributed by atoms with Crippen molar-refractivity contribution in [3.63, 3.8) is 0 Å². The number of nitrogens with one attached hydrogen (secondary N) is 2. The Bertz CT molecular complexity index is 1210. The molecule has 1 unspecified atom stereocenters. The molecule has 1 saturated heterocycles. The minimum absolute atomic E-state index is 0.0776. The molecule has 168 valence electrons. The Labute approximate surface area is 190 Å². The zero-order valence-corrected chi connectivity index (χ0v) is 17.8. The van der Waals surface area contributed by atoms with Crippen molar-refractivity contribution in [2.75, 3.05) is 6.54 Å². The molecule has 2 aromatic rings. The van der Waals surface area contributed by atoms with Crippen molar-refractivity contribution in [2.24, 2.45) is 0 Å². The largest absolute Gasteiger partial charge is 0.351 e. The summed E-state index contributed by atoms with van der Waals surface area (Å²) >= 11 is 0. The van der Waals surface area contributed by atoms with E-state index in [1.807, 2.05) is 0 Å². The first-order valence-electron chi connectivity index (χ1n) is 10.6. The monoisotopic (exact) mass is 446 g/mol. The average molecular weight is 446 g/mol. The lowest BCUT2D eigenvalue weighted by Gasteiger charge is -2.27. The summed E-state index contributed by atoms with van der Waals surface area (Å²) in [5.74, 6) is 0.175. The number of carbonyl (C=O) groups is 5. The lowest BCUT2D eigenvalue weighted by molar-refractivity contribution is -0.136. The van der Waals surface area contributed by atoms with Crippen molar-refractivity contribution in [1.82, 2.24) is 20.1 Å². The molecule has 2 N–H and O–H groups in total. The van der Waals surface area contributed by atoms with Crippen LogP contribution in [0.3, 0.4) is 0 Å². The third-order valence-electron chi connectivity index (χ3n) is 5.76. The van der Waals surface area contributed by atoms with Gasteiger partial charge in [0.1, 0.15) is 11.7 Å². The van der Waals surface area contributed by atoms with Gasteiger partial charge in [-0.1, -0.05) is 12.0 Å². The molecular formula is C24H22N4O5. The fourth-order valence-electron chi connectivity index (χ4n) is 4.12. The summed E-state index contributed by atoms with van der Waals surface area (Å²) in [5, 5.41) is 5.03. The Hall–Kier alpha value is -4.19. The highest BCUT2D eigenvalue weighted by Gasteiger charge is 2.44. The van der Waals surface area contributed by atoms with E-state index in [1.54, 1.807) is 41.1 Å². The van der Waals surface area contributed by atoms with Gasteiger partial charge in [0.05, 0.1) is 17.7 Å². The van der Waals surface area contributed by atoms with Gasteiger partial charge in [-0.25, -0.2) is 0 Å². The number of piperidine rings is 1. The van der Waals surface area contributed by atoms with Crippen LogP contribution in [0.2, 0.25) is 0 Å². The van der Waals surface area contributed by atoms with Crippen molar-refractivity contribution in [3.05, 3.63) is 58.9 Å². The third-order valence-corrected chi connectivity index (χ3v) is 5.76. The van der Waals surface area contributed by atoms with Crippen LogP contribution in [0, 0.1) is 12.3 Å². The summed E-state index contributed by atoms with van der Waals surface area (Å²) in [7, 11) is 0. The van der Waals surface area contributed by atoms with Crippen molar-refractivity contribution < 1.29 is 24.0 Å². The second-order valence-electron chi connectivity index (χ2n) is 7.91. The Kier molecular flexibility index (Phi) is 6.09. The fraction of sp³-hybridized carbons (Fsp3) is 0.292. The number of aromatic nitrogens is 1. The van der Waals surface area contributed by atoms with E-state index in [1.165, 1.54) is 0 Å². The topological polar surface area (TPSA) is 118 Å². The first kappa shape index (κ1) is 22.0. The molecule has 2 aliphatic rings. The lowest BCUT2D eigenvalue weighted by atomic mass is 10.0. The number of aryl methyl sites for hydroxylation is 1. The number of hydrogen-bond donors (Lipinski definition) is 2. The standard InChI is InChI=1S/C24H22N4O5/c1-2-12-27-13-4-6-18(27)21(30)25-11-3-5-15-7-8-16-17(14-15)24(33)28(23(16)32)19-9-10-20(29)26-22(19)31/h1,4,6-8,13-14,19H,3,5,9-12H2,(H,25,30)(H,26,29,31). The van der Waals surface area contributed by atoms with Crippen molar-refractivity contribution in [2.45, 2.75) is 38.3 Å². The highest BCUT2D eigenvalue weighted by Crippen LogP contribution is 2.28. The second kappa shape index (κ2) is 9.12. The molecule has 1 fully saturated rings. The minimum atomic E-state index is -0.984. The molecule has 9 nitrogen and oxygen atoms in total. The zero-order chi connectivity index (χ0) is 23.5. The highest BCUT2D eigenvalue weighted by atomic mass is 16.2. The van der Waals surface area contributed by atoms with E-state index in [2.05, 4.69) is 16.6 Å². The van der Waals surface area contributed by atoms with E-state index in [9.17, 15) is 24.0 Å². The summed E-state index contributed by atoms with van der Waals surface area (Å²) in [6.07, 6.45) is 8.46. The van der Waals surface area contributed by atoms with Crippen LogP contribution in [0.1, 0.15) is 56.0 Å². The van der Waals surface area contributed by atoms with Crippen LogP contribution >= 0.6 is 0 Å². The van der Waals surface area contributed by atoms with E-state index in [4.69, 9.17) is 6.42 Å². The SMILES string of the molecule is C#CCn1cccc1C(=O)NCCCc1ccc2c(c1)C(=O)N(C1CCC(=O)NC1=O)C2=O. The molecule has 0 aliphatic carbocycles. The zero-order valence-electron chi connectivity index (χ0n) is 17.8. The van der Waals surface area contributed by atoms with Crippen LogP contribution in [-0.2, 0) is 22.6 Å². The van der Waals surface area contributed by atoms with Gasteiger partial charge in [-0.3, -0.25) is 34.2 Å². The minimum Gasteiger partial charge on any atom is -0.351 e. The molecular weight excluding hydrogens is 424 g/mol. The summed E-state index contributed by atoms with van der Waals surface area (Å²) in [5.41, 5.74) is 1.82. The van der Waals surface area contributed by atoms with Gasteiger partial charge in [0.2, 0.25) is 11.8 Å². The average Bonchev–Trinajstić information content (AvgIpc) is 3.35. The molecule has 9 heteroatoms. The van der Waals surface area contributed by atoms with E-state index < -0.39 is 29.7 Å². The number of carbonyl (C=O) groups excluding carboxylic acids is 5. The van der Waals surface area contributed by atoms with Gasteiger partial charge in [0.15, 0.2) is 0 Å². The summed E-state index contributed by atoms with van der Waals surface area (Å²) in [4.78, 5) is 62.4. The van der Waals surface area contributed by atoms with Crippen molar-refractivity contribution >= 4 is 29.5 Å². The molecule has 5 amide bonds. The van der Waals surface area contributed by atoms with Crippen molar-refractivity contribution in [1.29, 1.82) is 0 Å². The molecule has 1 aromatic heterocycles. The quantitative estimate of drug-likeness (QED) is 0.372. The van der Waals surface area contributed by atoms with Crippen molar-refractivity contribution in [3.8, 4) is 12.3 Å². The molecule has 33 heavy (non-hydrogen) atoms. The Morgan fingerprint density at radius 3 is 2.70 bits per heavy atom. The first-order chi connectivity index (χ1) is 15.9. The van der Waals surface area contributed by atoms with Crippen LogP contribution in [0.25, 0.3) is 0 Å². The van der Waals surface area contributed by atoms with E-state index >= 15 is 0 Å². The molecule has 0 spiro atoms. The van der Waals surface area contributed by atoms with Crippen LogP contribution in [0.5, 0.6) is 0 Å². The maximum absolute atomic E-state index is 12.9. The van der Waals surface area contributed by atoms with Gasteiger partial charge in [-0.2, -0.15) is 0 Å². The molecule has 3 heterocycles. The maximum Gasteiger partial charge on any atom is 0.267 e. The van der Waals surface area contributed by atoms with E-state index in [-0.39, 0.29) is 29.9 Å². The normalized spacial score (nSPS) is 17.5. The van der Waals surface area contributed by atoms with Gasteiger partial charge in [-0.05, 0) is 49.1 Å². The fourth-order valence-corrected chi connectivity index (χ4v) is 4.12. The number of nitrogens with zero attached hydrogens (tertiary/aromatic N) is 2. The Morgan fingerprint density at radius 1 is 1.15 bits per heavy atom. The number of fused-ring (bicyclic) bond motifs is 1. The third kappa shape index (κ3) is 4.28. The smallest absolute Gasteiger partial charge is 0.267 e. The molecule has 1 aromatic carbocycles. The summed E-state index contributed by atoms with van der Waals surface area (Å²) in [6.45, 7) is 0.736. The first-order valence-corrected chi connectivity index (χ1v) is 10.6. The van der Waals surface area contributed by atoms with Crippen LogP contribution < -0.4 is 10.6 Å². The number of hydrogen-bond acceptors (Lipinski definition) is 5. The molecule has 1 atom stereocenters. The lowest BCUT2D eigenvalue weighted by Crippen LogP contribution is -2.54. The number of amides is 5. The van der Waals surface area contributed by atoms with Gasteiger partial charge >= 0.3 is 0 Å². The highest BCUT2D eigenvalue weighted by molar-refractivity contribution is 6.23. The summed E-state index contributed by atoms with van der Waals surface area (Å²) < 4.78 is 1.69. The number of rotatable bonds is 7. The Balaban J connectivity index is 1.36. The van der Waals surface area contributed by atoms with Gasteiger partial charge < -0.3 is 9.88 Å². The van der Waals surface area contributed by atoms with E-state index in [0.717, 1.165) is 10.5 Å². The molecule has 0 radical (unpaired) electrons. The molecule has 2 aliphatic heterocycles.